The lowest BCUT2D eigenvalue weighted by Crippen LogP contribution is -2.28. The van der Waals surface area contributed by atoms with Crippen molar-refractivity contribution in [1.29, 1.82) is 0 Å². The molecule has 0 amide bonds. The Morgan fingerprint density at radius 2 is 1.68 bits per heavy atom. The summed E-state index contributed by atoms with van der Waals surface area (Å²) in [6, 6.07) is 18.7. The maximum absolute atomic E-state index is 5.59. The minimum Gasteiger partial charge on any atom is -0.494 e. The summed E-state index contributed by atoms with van der Waals surface area (Å²) >= 11 is 0. The van der Waals surface area contributed by atoms with E-state index in [0.717, 1.165) is 44.1 Å². The molecular formula is C19H26N2O. The van der Waals surface area contributed by atoms with E-state index < -0.39 is 0 Å². The van der Waals surface area contributed by atoms with Crippen LogP contribution in [0.25, 0.3) is 0 Å². The van der Waals surface area contributed by atoms with Crippen LogP contribution < -0.4 is 15.0 Å². The van der Waals surface area contributed by atoms with Crippen LogP contribution in [0.5, 0.6) is 5.75 Å². The number of para-hydroxylation sites is 1. The third kappa shape index (κ3) is 4.99. The van der Waals surface area contributed by atoms with E-state index >= 15 is 0 Å². The monoisotopic (exact) mass is 298 g/mol. The standard InChI is InChI=1S/C19H26N2O/c1-3-16-22-19-12-10-17(11-13-19)20-14-15-21(4-2)18-8-6-5-7-9-18/h5-13,20H,3-4,14-16H2,1-2H3. The first kappa shape index (κ1) is 16.2. The Balaban J connectivity index is 1.80. The third-order valence-corrected chi connectivity index (χ3v) is 3.54. The van der Waals surface area contributed by atoms with Gasteiger partial charge in [0.25, 0.3) is 0 Å². The van der Waals surface area contributed by atoms with Crippen molar-refractivity contribution in [2.45, 2.75) is 20.3 Å². The molecule has 1 N–H and O–H groups in total. The molecule has 2 aromatic rings. The Morgan fingerprint density at radius 3 is 2.32 bits per heavy atom. The lowest BCUT2D eigenvalue weighted by atomic mass is 10.2. The Morgan fingerprint density at radius 1 is 0.955 bits per heavy atom. The summed E-state index contributed by atoms with van der Waals surface area (Å²) in [5, 5.41) is 3.47. The van der Waals surface area contributed by atoms with Crippen molar-refractivity contribution in [3.05, 3.63) is 54.6 Å². The number of hydrogen-bond donors (Lipinski definition) is 1. The lowest BCUT2D eigenvalue weighted by Gasteiger charge is -2.23. The number of nitrogens with zero attached hydrogens (tertiary/aromatic N) is 1. The number of rotatable bonds is 9. The molecule has 0 aliphatic carbocycles. The molecule has 0 radical (unpaired) electrons. The van der Waals surface area contributed by atoms with Gasteiger partial charge in [-0.1, -0.05) is 25.1 Å². The molecule has 0 aromatic heterocycles. The van der Waals surface area contributed by atoms with Crippen molar-refractivity contribution in [1.82, 2.24) is 0 Å². The molecule has 0 heterocycles. The summed E-state index contributed by atoms with van der Waals surface area (Å²) in [4.78, 5) is 2.37. The molecule has 3 heteroatoms. The van der Waals surface area contributed by atoms with Crippen LogP contribution in [0.1, 0.15) is 20.3 Å². The minimum atomic E-state index is 0.773. The quantitative estimate of drug-likeness (QED) is 0.742. The van der Waals surface area contributed by atoms with Gasteiger partial charge in [0.05, 0.1) is 6.61 Å². The molecular weight excluding hydrogens is 272 g/mol. The molecule has 0 saturated heterocycles. The minimum absolute atomic E-state index is 0.773. The lowest BCUT2D eigenvalue weighted by molar-refractivity contribution is 0.317. The van der Waals surface area contributed by atoms with Crippen LogP contribution in [-0.4, -0.2) is 26.2 Å². The van der Waals surface area contributed by atoms with Gasteiger partial charge in [-0.3, -0.25) is 0 Å². The average molecular weight is 298 g/mol. The predicted molar refractivity (Wildman–Crippen MR) is 95.0 cm³/mol. The van der Waals surface area contributed by atoms with Crippen molar-refractivity contribution in [2.75, 3.05) is 36.5 Å². The first-order valence-corrected chi connectivity index (χ1v) is 8.10. The number of anilines is 2. The van der Waals surface area contributed by atoms with Crippen molar-refractivity contribution in [3.8, 4) is 5.75 Å². The Bertz CT molecular complexity index is 525. The van der Waals surface area contributed by atoms with Gasteiger partial charge in [-0.15, -0.1) is 0 Å². The van der Waals surface area contributed by atoms with E-state index in [1.807, 2.05) is 12.1 Å². The van der Waals surface area contributed by atoms with E-state index in [4.69, 9.17) is 4.74 Å². The van der Waals surface area contributed by atoms with Crippen LogP contribution in [0.15, 0.2) is 54.6 Å². The van der Waals surface area contributed by atoms with Gasteiger partial charge in [-0.2, -0.15) is 0 Å². The fraction of sp³-hybridized carbons (Fsp3) is 0.368. The summed E-state index contributed by atoms with van der Waals surface area (Å²) < 4.78 is 5.59. The topological polar surface area (TPSA) is 24.5 Å². The Labute approximate surface area is 133 Å². The van der Waals surface area contributed by atoms with Gasteiger partial charge in [0.15, 0.2) is 0 Å². The van der Waals surface area contributed by atoms with Crippen molar-refractivity contribution in [3.63, 3.8) is 0 Å². The van der Waals surface area contributed by atoms with E-state index in [1.54, 1.807) is 0 Å². The van der Waals surface area contributed by atoms with Crippen LogP contribution in [0.2, 0.25) is 0 Å². The van der Waals surface area contributed by atoms with Gasteiger partial charge in [-0.25, -0.2) is 0 Å². The normalized spacial score (nSPS) is 10.3. The summed E-state index contributed by atoms with van der Waals surface area (Å²) in [6.07, 6.45) is 1.03. The highest BCUT2D eigenvalue weighted by Crippen LogP contribution is 2.16. The van der Waals surface area contributed by atoms with Crippen LogP contribution >= 0.6 is 0 Å². The fourth-order valence-electron chi connectivity index (χ4n) is 2.33. The van der Waals surface area contributed by atoms with E-state index in [2.05, 4.69) is 66.5 Å². The zero-order chi connectivity index (χ0) is 15.6. The van der Waals surface area contributed by atoms with E-state index in [-0.39, 0.29) is 0 Å². The summed E-state index contributed by atoms with van der Waals surface area (Å²) in [7, 11) is 0. The molecule has 0 bridgehead atoms. The van der Waals surface area contributed by atoms with Gasteiger partial charge in [0.1, 0.15) is 5.75 Å². The molecule has 0 fully saturated rings. The predicted octanol–water partition coefficient (Wildman–Crippen LogP) is 4.41. The summed E-state index contributed by atoms with van der Waals surface area (Å²) in [5.74, 6) is 0.937. The van der Waals surface area contributed by atoms with Gasteiger partial charge >= 0.3 is 0 Å². The van der Waals surface area contributed by atoms with Gasteiger partial charge in [0.2, 0.25) is 0 Å². The molecule has 118 valence electrons. The second-order valence-corrected chi connectivity index (χ2v) is 5.21. The van der Waals surface area contributed by atoms with Crippen molar-refractivity contribution < 1.29 is 4.74 Å². The fourth-order valence-corrected chi connectivity index (χ4v) is 2.33. The van der Waals surface area contributed by atoms with E-state index in [1.165, 1.54) is 5.69 Å². The van der Waals surface area contributed by atoms with E-state index in [9.17, 15) is 0 Å². The van der Waals surface area contributed by atoms with Crippen molar-refractivity contribution in [2.24, 2.45) is 0 Å². The molecule has 0 unspecified atom stereocenters. The molecule has 0 aliphatic heterocycles. The first-order valence-electron chi connectivity index (χ1n) is 8.10. The molecule has 2 rings (SSSR count). The number of benzene rings is 2. The summed E-state index contributed by atoms with van der Waals surface area (Å²) in [6.45, 7) is 7.98. The molecule has 22 heavy (non-hydrogen) atoms. The second kappa shape index (κ2) is 8.98. The molecule has 0 spiro atoms. The highest BCUT2D eigenvalue weighted by atomic mass is 16.5. The van der Waals surface area contributed by atoms with Gasteiger partial charge in [0, 0.05) is 31.0 Å². The molecule has 0 aliphatic rings. The first-order chi connectivity index (χ1) is 10.8. The smallest absolute Gasteiger partial charge is 0.119 e. The zero-order valence-electron chi connectivity index (χ0n) is 13.6. The molecule has 0 atom stereocenters. The number of hydrogen-bond acceptors (Lipinski definition) is 3. The highest BCUT2D eigenvalue weighted by Gasteiger charge is 2.02. The molecule has 0 saturated carbocycles. The maximum Gasteiger partial charge on any atom is 0.119 e. The zero-order valence-corrected chi connectivity index (χ0v) is 13.6. The third-order valence-electron chi connectivity index (χ3n) is 3.54. The molecule has 2 aromatic carbocycles. The van der Waals surface area contributed by atoms with Crippen LogP contribution in [0.3, 0.4) is 0 Å². The number of nitrogens with one attached hydrogen (secondary N) is 1. The summed E-state index contributed by atoms with van der Waals surface area (Å²) in [5.41, 5.74) is 2.41. The number of likely N-dealkylation sites (N-methyl/N-ethyl adjacent to an activating group) is 1. The number of ether oxygens (including phenoxy) is 1. The average Bonchev–Trinajstić information content (AvgIpc) is 2.59. The Hall–Kier alpha value is -2.16. The van der Waals surface area contributed by atoms with E-state index in [0.29, 0.717) is 0 Å². The highest BCUT2D eigenvalue weighted by molar-refractivity contribution is 5.48. The van der Waals surface area contributed by atoms with Gasteiger partial charge in [-0.05, 0) is 49.7 Å². The van der Waals surface area contributed by atoms with Crippen LogP contribution in [0.4, 0.5) is 11.4 Å². The van der Waals surface area contributed by atoms with Gasteiger partial charge < -0.3 is 15.0 Å². The van der Waals surface area contributed by atoms with Crippen LogP contribution in [-0.2, 0) is 0 Å². The second-order valence-electron chi connectivity index (χ2n) is 5.21. The largest absolute Gasteiger partial charge is 0.494 e. The van der Waals surface area contributed by atoms with Crippen molar-refractivity contribution >= 4 is 11.4 Å². The maximum atomic E-state index is 5.59. The Kier molecular flexibility index (Phi) is 6.62. The SMILES string of the molecule is CCCOc1ccc(NCCN(CC)c2ccccc2)cc1. The van der Waals surface area contributed by atoms with Crippen LogP contribution in [0, 0.1) is 0 Å². The molecule has 3 nitrogen and oxygen atoms in total.